The van der Waals surface area contributed by atoms with Crippen LogP contribution in [0.15, 0.2) is 35.9 Å². The van der Waals surface area contributed by atoms with Crippen molar-refractivity contribution in [2.75, 3.05) is 14.2 Å². The number of methoxy groups -OCH3 is 2. The van der Waals surface area contributed by atoms with Gasteiger partial charge in [0.05, 0.1) is 20.3 Å². The molecule has 1 aromatic rings. The second-order valence-corrected chi connectivity index (χ2v) is 5.81. The number of aliphatic hydroxyl groups excluding tert-OH is 1. The number of ether oxygens (including phenoxy) is 2. The normalized spacial score (nSPS) is 22.2. The molecule has 1 aliphatic rings. The number of hydrogen-bond donors (Lipinski definition) is 1. The molecule has 0 bridgehead atoms. The van der Waals surface area contributed by atoms with Gasteiger partial charge in [-0.15, -0.1) is 0 Å². The van der Waals surface area contributed by atoms with E-state index in [1.807, 2.05) is 37.3 Å². The van der Waals surface area contributed by atoms with Crippen molar-refractivity contribution in [3.8, 4) is 0 Å². The second-order valence-electron chi connectivity index (χ2n) is 5.81. The Bertz CT molecular complexity index is 602. The van der Waals surface area contributed by atoms with Gasteiger partial charge in [0.2, 0.25) is 0 Å². The number of aliphatic hydroxyl groups is 1. The average Bonchev–Trinajstić information content (AvgIpc) is 2.61. The van der Waals surface area contributed by atoms with Crippen molar-refractivity contribution in [2.45, 2.75) is 32.3 Å². The highest BCUT2D eigenvalue weighted by Gasteiger charge is 2.52. The number of allylic oxidation sites excluding steroid dienone is 1. The van der Waals surface area contributed by atoms with Crippen LogP contribution in [0.4, 0.5) is 0 Å². The Morgan fingerprint density at radius 1 is 1.13 bits per heavy atom. The molecule has 1 unspecified atom stereocenters. The van der Waals surface area contributed by atoms with Gasteiger partial charge in [-0.05, 0) is 42.9 Å². The maximum Gasteiger partial charge on any atom is 0.323 e. The van der Waals surface area contributed by atoms with Crippen molar-refractivity contribution in [2.24, 2.45) is 5.41 Å². The number of carbonyl (C=O) groups excluding carboxylic acids is 2. The molecule has 2 rings (SSSR count). The van der Waals surface area contributed by atoms with Crippen LogP contribution in [-0.4, -0.2) is 37.4 Å². The van der Waals surface area contributed by atoms with E-state index in [0.717, 1.165) is 11.1 Å². The Morgan fingerprint density at radius 2 is 1.70 bits per heavy atom. The summed E-state index contributed by atoms with van der Waals surface area (Å²) in [5, 5.41) is 10.4. The molecular formula is C18H22O5. The molecule has 0 aliphatic heterocycles. The molecule has 0 spiro atoms. The Labute approximate surface area is 135 Å². The highest BCUT2D eigenvalue weighted by atomic mass is 16.5. The van der Waals surface area contributed by atoms with E-state index < -0.39 is 23.5 Å². The summed E-state index contributed by atoms with van der Waals surface area (Å²) in [5.41, 5.74) is 1.12. The van der Waals surface area contributed by atoms with E-state index in [1.165, 1.54) is 14.2 Å². The molecular weight excluding hydrogens is 296 g/mol. The summed E-state index contributed by atoms with van der Waals surface area (Å²) in [6.07, 6.45) is -0.0607. The first-order chi connectivity index (χ1) is 11.0. The lowest BCUT2D eigenvalue weighted by molar-refractivity contribution is -0.171. The minimum absolute atomic E-state index is 0.105. The minimum atomic E-state index is -1.38. The van der Waals surface area contributed by atoms with Crippen LogP contribution in [0.25, 0.3) is 5.57 Å². The Kier molecular flexibility index (Phi) is 5.21. The number of esters is 2. The molecule has 1 aromatic carbocycles. The Morgan fingerprint density at radius 3 is 2.22 bits per heavy atom. The predicted octanol–water partition coefficient (Wildman–Crippen LogP) is 2.34. The van der Waals surface area contributed by atoms with Crippen molar-refractivity contribution < 1.29 is 24.2 Å². The van der Waals surface area contributed by atoms with Gasteiger partial charge in [-0.2, -0.15) is 0 Å². The van der Waals surface area contributed by atoms with E-state index in [2.05, 4.69) is 0 Å². The zero-order chi connectivity index (χ0) is 17.0. The van der Waals surface area contributed by atoms with Crippen LogP contribution in [0.1, 0.15) is 31.7 Å². The van der Waals surface area contributed by atoms with Crippen molar-refractivity contribution >= 4 is 17.5 Å². The van der Waals surface area contributed by atoms with Gasteiger partial charge in [0.25, 0.3) is 0 Å². The third-order valence-corrected chi connectivity index (χ3v) is 4.58. The number of rotatable bonds is 3. The molecule has 1 atom stereocenters. The van der Waals surface area contributed by atoms with E-state index in [-0.39, 0.29) is 12.8 Å². The SMILES string of the molecule is COC(=O)C1(C(=O)OC)CCC(O)/C(=C(/C)c2ccccc2)C1. The Hall–Kier alpha value is -2.14. The summed E-state index contributed by atoms with van der Waals surface area (Å²) >= 11 is 0. The fraction of sp³-hybridized carbons (Fsp3) is 0.444. The van der Waals surface area contributed by atoms with Crippen molar-refractivity contribution in [1.29, 1.82) is 0 Å². The topological polar surface area (TPSA) is 72.8 Å². The van der Waals surface area contributed by atoms with Crippen LogP contribution in [0.2, 0.25) is 0 Å². The molecule has 1 aliphatic carbocycles. The van der Waals surface area contributed by atoms with Crippen LogP contribution < -0.4 is 0 Å². The van der Waals surface area contributed by atoms with Crippen molar-refractivity contribution in [1.82, 2.24) is 0 Å². The van der Waals surface area contributed by atoms with Gasteiger partial charge < -0.3 is 14.6 Å². The zero-order valence-electron chi connectivity index (χ0n) is 13.7. The summed E-state index contributed by atoms with van der Waals surface area (Å²) < 4.78 is 9.68. The highest BCUT2D eigenvalue weighted by Crippen LogP contribution is 2.43. The van der Waals surface area contributed by atoms with Crippen LogP contribution in [0.3, 0.4) is 0 Å². The largest absolute Gasteiger partial charge is 0.468 e. The lowest BCUT2D eigenvalue weighted by Gasteiger charge is -2.36. The summed E-state index contributed by atoms with van der Waals surface area (Å²) in [4.78, 5) is 24.5. The third kappa shape index (κ3) is 3.15. The lowest BCUT2D eigenvalue weighted by Crippen LogP contribution is -2.46. The lowest BCUT2D eigenvalue weighted by atomic mass is 9.69. The molecule has 5 nitrogen and oxygen atoms in total. The van der Waals surface area contributed by atoms with E-state index in [9.17, 15) is 14.7 Å². The summed E-state index contributed by atoms with van der Waals surface area (Å²) in [6.45, 7) is 1.89. The molecule has 1 N–H and O–H groups in total. The van der Waals surface area contributed by atoms with E-state index in [4.69, 9.17) is 9.47 Å². The maximum atomic E-state index is 12.3. The molecule has 0 radical (unpaired) electrons. The van der Waals surface area contributed by atoms with Crippen LogP contribution >= 0.6 is 0 Å². The van der Waals surface area contributed by atoms with Crippen molar-refractivity contribution in [3.05, 3.63) is 41.5 Å². The molecule has 1 saturated carbocycles. The summed E-state index contributed by atoms with van der Waals surface area (Å²) in [7, 11) is 2.51. The first kappa shape index (κ1) is 17.2. The van der Waals surface area contributed by atoms with E-state index in [1.54, 1.807) is 0 Å². The highest BCUT2D eigenvalue weighted by molar-refractivity contribution is 6.01. The molecule has 0 amide bonds. The molecule has 0 heterocycles. The minimum Gasteiger partial charge on any atom is -0.468 e. The maximum absolute atomic E-state index is 12.3. The molecule has 1 fully saturated rings. The summed E-state index contributed by atoms with van der Waals surface area (Å²) in [5.74, 6) is -1.23. The first-order valence-corrected chi connectivity index (χ1v) is 7.56. The van der Waals surface area contributed by atoms with Gasteiger partial charge in [-0.3, -0.25) is 9.59 Å². The molecule has 5 heteroatoms. The average molecular weight is 318 g/mol. The number of carbonyl (C=O) groups is 2. The predicted molar refractivity (Wildman–Crippen MR) is 85.4 cm³/mol. The first-order valence-electron chi connectivity index (χ1n) is 7.56. The fourth-order valence-electron chi connectivity index (χ4n) is 3.17. The van der Waals surface area contributed by atoms with Gasteiger partial charge in [-0.25, -0.2) is 0 Å². The summed E-state index contributed by atoms with van der Waals surface area (Å²) in [6, 6.07) is 9.58. The third-order valence-electron chi connectivity index (χ3n) is 4.58. The molecule has 23 heavy (non-hydrogen) atoms. The van der Waals surface area contributed by atoms with Crippen molar-refractivity contribution in [3.63, 3.8) is 0 Å². The Balaban J connectivity index is 2.48. The smallest absolute Gasteiger partial charge is 0.323 e. The van der Waals surface area contributed by atoms with Crippen LogP contribution in [0, 0.1) is 5.41 Å². The molecule has 0 aromatic heterocycles. The van der Waals surface area contributed by atoms with Gasteiger partial charge in [-0.1, -0.05) is 30.3 Å². The second kappa shape index (κ2) is 6.96. The van der Waals surface area contributed by atoms with E-state index >= 15 is 0 Å². The zero-order valence-corrected chi connectivity index (χ0v) is 13.7. The fourth-order valence-corrected chi connectivity index (χ4v) is 3.17. The van der Waals surface area contributed by atoms with Crippen LogP contribution in [0.5, 0.6) is 0 Å². The number of hydrogen-bond acceptors (Lipinski definition) is 5. The van der Waals surface area contributed by atoms with Crippen LogP contribution in [-0.2, 0) is 19.1 Å². The van der Waals surface area contributed by atoms with Gasteiger partial charge in [0, 0.05) is 0 Å². The quantitative estimate of drug-likeness (QED) is 0.684. The molecule has 124 valence electrons. The van der Waals surface area contributed by atoms with Gasteiger partial charge in [0.15, 0.2) is 5.41 Å². The number of benzene rings is 1. The molecule has 0 saturated heterocycles. The standard InChI is InChI=1S/C18H22O5/c1-12(13-7-5-4-6-8-13)14-11-18(16(20)22-2,17(21)23-3)10-9-15(14)19/h4-8,15,19H,9-11H2,1-3H3/b14-12-. The van der Waals surface area contributed by atoms with Gasteiger partial charge >= 0.3 is 11.9 Å². The van der Waals surface area contributed by atoms with E-state index in [0.29, 0.717) is 12.0 Å². The van der Waals surface area contributed by atoms with Gasteiger partial charge in [0.1, 0.15) is 0 Å². The monoisotopic (exact) mass is 318 g/mol.